The number of aryl methyl sites for hydroxylation is 1. The number of hydrogen-bond acceptors (Lipinski definition) is 4. The molecule has 0 aliphatic carbocycles. The molecule has 0 saturated carbocycles. The number of aromatic nitrogens is 4. The van der Waals surface area contributed by atoms with Crippen molar-refractivity contribution in [2.75, 3.05) is 0 Å². The average Bonchev–Trinajstić information content (AvgIpc) is 3.02. The third-order valence-corrected chi connectivity index (χ3v) is 4.06. The molecule has 0 bridgehead atoms. The summed E-state index contributed by atoms with van der Waals surface area (Å²) < 4.78 is 1.46. The monoisotopic (exact) mass is 323 g/mol. The second-order valence-corrected chi connectivity index (χ2v) is 6.27. The number of nitrogens with zero attached hydrogens (tertiary/aromatic N) is 4. The van der Waals surface area contributed by atoms with E-state index in [0.29, 0.717) is 17.4 Å². The highest BCUT2D eigenvalue weighted by atomic mass is 16.2. The van der Waals surface area contributed by atoms with Crippen molar-refractivity contribution in [3.63, 3.8) is 0 Å². The van der Waals surface area contributed by atoms with Crippen molar-refractivity contribution in [2.45, 2.75) is 39.7 Å². The molecule has 0 aliphatic heterocycles. The molecule has 6 nitrogen and oxygen atoms in total. The van der Waals surface area contributed by atoms with Crippen molar-refractivity contribution >= 4 is 11.7 Å². The lowest BCUT2D eigenvalue weighted by Gasteiger charge is -2.16. The Morgan fingerprint density at radius 3 is 2.46 bits per heavy atom. The van der Waals surface area contributed by atoms with Crippen LogP contribution in [0.2, 0.25) is 0 Å². The van der Waals surface area contributed by atoms with Crippen LogP contribution in [0.1, 0.15) is 60.0 Å². The molecule has 3 aromatic rings. The minimum atomic E-state index is -0.198. The van der Waals surface area contributed by atoms with Crippen molar-refractivity contribution in [1.29, 1.82) is 0 Å². The van der Waals surface area contributed by atoms with E-state index >= 15 is 0 Å². The van der Waals surface area contributed by atoms with Crippen LogP contribution in [-0.2, 0) is 0 Å². The van der Waals surface area contributed by atoms with Crippen LogP contribution in [0.25, 0.3) is 5.78 Å². The van der Waals surface area contributed by atoms with E-state index in [9.17, 15) is 4.79 Å². The van der Waals surface area contributed by atoms with Gasteiger partial charge in [-0.05, 0) is 37.0 Å². The summed E-state index contributed by atoms with van der Waals surface area (Å²) in [6, 6.07) is 9.94. The van der Waals surface area contributed by atoms with E-state index in [0.717, 1.165) is 11.3 Å². The number of rotatable bonds is 4. The molecule has 0 spiro atoms. The number of amides is 1. The molecule has 6 heteroatoms. The molecule has 0 fully saturated rings. The first kappa shape index (κ1) is 16.1. The van der Waals surface area contributed by atoms with Crippen LogP contribution >= 0.6 is 0 Å². The molecule has 124 valence electrons. The minimum Gasteiger partial charge on any atom is -0.344 e. The normalized spacial score (nSPS) is 12.5. The topological polar surface area (TPSA) is 72.2 Å². The highest BCUT2D eigenvalue weighted by Crippen LogP contribution is 2.19. The molecule has 1 aromatic carbocycles. The van der Waals surface area contributed by atoms with Gasteiger partial charge in [0.15, 0.2) is 0 Å². The molecule has 24 heavy (non-hydrogen) atoms. The van der Waals surface area contributed by atoms with Crippen molar-refractivity contribution in [3.8, 4) is 0 Å². The summed E-state index contributed by atoms with van der Waals surface area (Å²) in [5.74, 6) is 0.717. The highest BCUT2D eigenvalue weighted by molar-refractivity contribution is 5.93. The Bertz CT molecular complexity index is 867. The number of nitrogens with one attached hydrogen (secondary N) is 1. The number of fused-ring (bicyclic) bond motifs is 1. The zero-order valence-corrected chi connectivity index (χ0v) is 14.3. The lowest BCUT2D eigenvalue weighted by atomic mass is 9.99. The van der Waals surface area contributed by atoms with Crippen molar-refractivity contribution < 1.29 is 4.79 Å². The summed E-state index contributed by atoms with van der Waals surface area (Å²) >= 11 is 0. The van der Waals surface area contributed by atoms with E-state index in [-0.39, 0.29) is 11.9 Å². The maximum atomic E-state index is 12.6. The summed E-state index contributed by atoms with van der Waals surface area (Å²) in [6.07, 6.45) is 1.40. The highest BCUT2D eigenvalue weighted by Gasteiger charge is 2.16. The van der Waals surface area contributed by atoms with Crippen LogP contribution in [0.3, 0.4) is 0 Å². The van der Waals surface area contributed by atoms with E-state index in [1.54, 1.807) is 6.07 Å². The predicted molar refractivity (Wildman–Crippen MR) is 91.9 cm³/mol. The van der Waals surface area contributed by atoms with Gasteiger partial charge in [0.2, 0.25) is 0 Å². The molecule has 1 atom stereocenters. The molecule has 2 aromatic heterocycles. The van der Waals surface area contributed by atoms with Gasteiger partial charge in [0.05, 0.1) is 6.04 Å². The second kappa shape index (κ2) is 6.39. The van der Waals surface area contributed by atoms with Gasteiger partial charge in [-0.2, -0.15) is 14.6 Å². The van der Waals surface area contributed by atoms with Crippen molar-refractivity contribution in [3.05, 3.63) is 59.2 Å². The van der Waals surface area contributed by atoms with Crippen LogP contribution in [0.4, 0.5) is 0 Å². The zero-order chi connectivity index (χ0) is 17.3. The van der Waals surface area contributed by atoms with E-state index in [1.165, 1.54) is 16.4 Å². The molecule has 1 amide bonds. The van der Waals surface area contributed by atoms with Crippen molar-refractivity contribution in [1.82, 2.24) is 24.9 Å². The fraction of sp³-hybridized carbons (Fsp3) is 0.333. The SMILES string of the molecule is Cc1cc(C(=O)NC(C)c2ccc(C(C)C)cc2)n2ncnc2n1. The Morgan fingerprint density at radius 2 is 1.79 bits per heavy atom. The molecular formula is C18H21N5O. The Labute approximate surface area is 141 Å². The Morgan fingerprint density at radius 1 is 1.12 bits per heavy atom. The molecule has 2 heterocycles. The fourth-order valence-electron chi connectivity index (χ4n) is 2.62. The molecule has 1 unspecified atom stereocenters. The molecule has 1 N–H and O–H groups in total. The maximum Gasteiger partial charge on any atom is 0.270 e. The Hall–Kier alpha value is -2.76. The largest absolute Gasteiger partial charge is 0.344 e. The van der Waals surface area contributed by atoms with Crippen LogP contribution < -0.4 is 5.32 Å². The summed E-state index contributed by atoms with van der Waals surface area (Å²) in [6.45, 7) is 8.12. The van der Waals surface area contributed by atoms with Crippen LogP contribution in [0.15, 0.2) is 36.7 Å². The van der Waals surface area contributed by atoms with Gasteiger partial charge in [-0.25, -0.2) is 4.98 Å². The lowest BCUT2D eigenvalue weighted by molar-refractivity contribution is 0.0932. The zero-order valence-electron chi connectivity index (χ0n) is 14.3. The van der Waals surface area contributed by atoms with Gasteiger partial charge in [-0.15, -0.1) is 0 Å². The molecular weight excluding hydrogens is 302 g/mol. The summed E-state index contributed by atoms with van der Waals surface area (Å²) in [7, 11) is 0. The maximum absolute atomic E-state index is 12.6. The first-order valence-electron chi connectivity index (χ1n) is 8.04. The van der Waals surface area contributed by atoms with E-state index in [1.807, 2.05) is 13.8 Å². The quantitative estimate of drug-likeness (QED) is 0.801. The van der Waals surface area contributed by atoms with Gasteiger partial charge in [0.1, 0.15) is 12.0 Å². The first-order chi connectivity index (χ1) is 11.5. The lowest BCUT2D eigenvalue weighted by Crippen LogP contribution is -2.29. The van der Waals surface area contributed by atoms with Gasteiger partial charge in [0.25, 0.3) is 11.7 Å². The molecule has 0 aliphatic rings. The fourth-order valence-corrected chi connectivity index (χ4v) is 2.62. The first-order valence-corrected chi connectivity index (χ1v) is 8.04. The molecule has 3 rings (SSSR count). The van der Waals surface area contributed by atoms with Crippen LogP contribution in [-0.4, -0.2) is 25.5 Å². The van der Waals surface area contributed by atoms with Gasteiger partial charge in [-0.3, -0.25) is 4.79 Å². The van der Waals surface area contributed by atoms with Gasteiger partial charge in [0, 0.05) is 5.69 Å². The summed E-state index contributed by atoms with van der Waals surface area (Å²) in [4.78, 5) is 20.9. The second-order valence-electron chi connectivity index (χ2n) is 6.27. The smallest absolute Gasteiger partial charge is 0.270 e. The summed E-state index contributed by atoms with van der Waals surface area (Å²) in [5, 5.41) is 7.09. The number of carbonyl (C=O) groups is 1. The summed E-state index contributed by atoms with van der Waals surface area (Å²) in [5.41, 5.74) is 3.51. The van der Waals surface area contributed by atoms with Gasteiger partial charge < -0.3 is 5.32 Å². The van der Waals surface area contributed by atoms with Gasteiger partial charge >= 0.3 is 0 Å². The average molecular weight is 323 g/mol. The molecule has 0 saturated heterocycles. The van der Waals surface area contributed by atoms with Gasteiger partial charge in [-0.1, -0.05) is 38.1 Å². The number of hydrogen-bond donors (Lipinski definition) is 1. The van der Waals surface area contributed by atoms with Crippen LogP contribution in [0.5, 0.6) is 0 Å². The predicted octanol–water partition coefficient (Wildman–Crippen LogP) is 3.05. The standard InChI is InChI=1S/C18H21N5O/c1-11(2)14-5-7-15(8-6-14)13(4)22-17(24)16-9-12(3)21-18-19-10-20-23(16)18/h5-11,13H,1-4H3,(H,22,24). The van der Waals surface area contributed by atoms with Crippen molar-refractivity contribution in [2.24, 2.45) is 0 Å². The van der Waals surface area contributed by atoms with E-state index in [4.69, 9.17) is 0 Å². The Balaban J connectivity index is 1.81. The molecule has 0 radical (unpaired) electrons. The number of carbonyl (C=O) groups excluding carboxylic acids is 1. The van der Waals surface area contributed by atoms with E-state index in [2.05, 4.69) is 58.5 Å². The third-order valence-electron chi connectivity index (χ3n) is 4.06. The number of benzene rings is 1. The van der Waals surface area contributed by atoms with E-state index < -0.39 is 0 Å². The van der Waals surface area contributed by atoms with Crippen LogP contribution in [0, 0.1) is 6.92 Å². The Kier molecular flexibility index (Phi) is 4.29. The third kappa shape index (κ3) is 3.13. The minimum absolute atomic E-state index is 0.106.